The third-order valence-electron chi connectivity index (χ3n) is 5.02. The molecule has 3 aromatic rings. The van der Waals surface area contributed by atoms with Crippen LogP contribution in [0.3, 0.4) is 0 Å². The molecule has 0 radical (unpaired) electrons. The number of aromatic amines is 1. The number of carbonyl (C=O) groups is 1. The summed E-state index contributed by atoms with van der Waals surface area (Å²) in [7, 11) is 2.05. The molecule has 0 unspecified atom stereocenters. The van der Waals surface area contributed by atoms with Gasteiger partial charge < -0.3 is 9.88 Å². The number of H-pyrrole nitrogens is 1. The van der Waals surface area contributed by atoms with Gasteiger partial charge in [0.2, 0.25) is 5.95 Å². The van der Waals surface area contributed by atoms with E-state index in [1.807, 2.05) is 43.6 Å². The second kappa shape index (κ2) is 5.76. The Hall–Kier alpha value is -2.66. The average Bonchev–Trinajstić information content (AvgIpc) is 3.16. The van der Waals surface area contributed by atoms with Crippen LogP contribution in [-0.2, 0) is 0 Å². The molecule has 0 spiro atoms. The van der Waals surface area contributed by atoms with Crippen molar-refractivity contribution in [3.63, 3.8) is 0 Å². The van der Waals surface area contributed by atoms with E-state index in [9.17, 15) is 4.79 Å². The zero-order chi connectivity index (χ0) is 16.6. The first kappa shape index (κ1) is 14.9. The number of amides is 1. The van der Waals surface area contributed by atoms with E-state index < -0.39 is 0 Å². The van der Waals surface area contributed by atoms with Gasteiger partial charge in [0.25, 0.3) is 0 Å². The molecule has 0 saturated carbocycles. The fraction of sp³-hybridized carbons (Fsp3) is 0.263. The first-order chi connectivity index (χ1) is 11.7. The number of benzene rings is 2. The van der Waals surface area contributed by atoms with Crippen molar-refractivity contribution in [2.75, 3.05) is 38.1 Å². The van der Waals surface area contributed by atoms with Gasteiger partial charge in [0.1, 0.15) is 13.1 Å². The van der Waals surface area contributed by atoms with Crippen LogP contribution in [0.4, 0.5) is 5.95 Å². The van der Waals surface area contributed by atoms with Gasteiger partial charge in [-0.3, -0.25) is 4.48 Å². The molecule has 0 atom stereocenters. The van der Waals surface area contributed by atoms with Gasteiger partial charge in [-0.1, -0.05) is 36.4 Å². The number of piperazine rings is 1. The number of quaternary nitrogens is 1. The molecular formula is C19H21N4O+. The zero-order valence-electron chi connectivity index (χ0n) is 13.8. The topological polar surface area (TPSA) is 49.0 Å². The van der Waals surface area contributed by atoms with Crippen LogP contribution in [0.15, 0.2) is 54.9 Å². The van der Waals surface area contributed by atoms with E-state index in [1.165, 1.54) is 0 Å². The molecular weight excluding hydrogens is 300 g/mol. The van der Waals surface area contributed by atoms with Gasteiger partial charge in [-0.15, -0.1) is 0 Å². The van der Waals surface area contributed by atoms with Gasteiger partial charge in [-0.05, 0) is 16.8 Å². The second-order valence-electron chi connectivity index (χ2n) is 6.57. The van der Waals surface area contributed by atoms with Crippen LogP contribution >= 0.6 is 0 Å². The summed E-state index contributed by atoms with van der Waals surface area (Å²) in [6.07, 6.45) is 3.60. The Balaban J connectivity index is 1.60. The van der Waals surface area contributed by atoms with Crippen molar-refractivity contribution in [1.82, 2.24) is 9.97 Å². The Labute approximate surface area is 141 Å². The maximum absolute atomic E-state index is 13.3. The summed E-state index contributed by atoms with van der Waals surface area (Å²) in [4.78, 5) is 22.9. The highest BCUT2D eigenvalue weighted by atomic mass is 16.2. The molecule has 1 aliphatic heterocycles. The van der Waals surface area contributed by atoms with Crippen molar-refractivity contribution in [3.05, 3.63) is 60.4 Å². The second-order valence-corrected chi connectivity index (χ2v) is 6.57. The summed E-state index contributed by atoms with van der Waals surface area (Å²) in [5.74, 6) is 1.09. The van der Waals surface area contributed by atoms with Crippen LogP contribution in [0.2, 0.25) is 0 Å². The van der Waals surface area contributed by atoms with E-state index in [4.69, 9.17) is 0 Å². The summed E-state index contributed by atoms with van der Waals surface area (Å²) >= 11 is 0. The smallest absolute Gasteiger partial charge is 0.331 e. The van der Waals surface area contributed by atoms with E-state index in [-0.39, 0.29) is 5.91 Å². The fourth-order valence-electron chi connectivity index (χ4n) is 3.45. The van der Waals surface area contributed by atoms with Crippen molar-refractivity contribution in [1.29, 1.82) is 0 Å². The predicted octanol–water partition coefficient (Wildman–Crippen LogP) is 2.67. The summed E-state index contributed by atoms with van der Waals surface area (Å²) in [6.45, 7) is 3.20. The molecule has 122 valence electrons. The number of rotatable bonds is 2. The molecule has 2 heterocycles. The first-order valence-corrected chi connectivity index (χ1v) is 8.29. The fourth-order valence-corrected chi connectivity index (χ4v) is 3.45. The summed E-state index contributed by atoms with van der Waals surface area (Å²) < 4.78 is 0.436. The summed E-state index contributed by atoms with van der Waals surface area (Å²) in [6, 6.07) is 14.1. The van der Waals surface area contributed by atoms with Gasteiger partial charge in [0, 0.05) is 12.4 Å². The van der Waals surface area contributed by atoms with Crippen LogP contribution in [0.25, 0.3) is 10.8 Å². The molecule has 2 aromatic carbocycles. The highest BCUT2D eigenvalue weighted by molar-refractivity contribution is 6.04. The highest BCUT2D eigenvalue weighted by Gasteiger charge is 2.37. The van der Waals surface area contributed by atoms with E-state index in [1.54, 1.807) is 6.20 Å². The lowest BCUT2D eigenvalue weighted by Crippen LogP contribution is -2.60. The molecule has 24 heavy (non-hydrogen) atoms. The van der Waals surface area contributed by atoms with Crippen molar-refractivity contribution < 1.29 is 9.28 Å². The number of nitrogens with zero attached hydrogens (tertiary/aromatic N) is 3. The molecule has 1 amide bonds. The van der Waals surface area contributed by atoms with Gasteiger partial charge >= 0.3 is 5.91 Å². The molecule has 0 bridgehead atoms. The number of hydrogen-bond donors (Lipinski definition) is 1. The lowest BCUT2D eigenvalue weighted by molar-refractivity contribution is -0.829. The number of aromatic nitrogens is 2. The van der Waals surface area contributed by atoms with Crippen LogP contribution in [-0.4, -0.2) is 53.6 Å². The van der Waals surface area contributed by atoms with E-state index >= 15 is 0 Å². The van der Waals surface area contributed by atoms with Crippen molar-refractivity contribution in [3.8, 4) is 0 Å². The molecule has 1 aromatic heterocycles. The van der Waals surface area contributed by atoms with Gasteiger partial charge in [0.15, 0.2) is 0 Å². The Morgan fingerprint density at radius 2 is 1.88 bits per heavy atom. The normalized spacial score (nSPS) is 17.1. The Kier molecular flexibility index (Phi) is 3.58. The number of nitrogens with one attached hydrogen (secondary N) is 1. The Bertz CT molecular complexity index is 859. The van der Waals surface area contributed by atoms with E-state index in [0.29, 0.717) is 4.48 Å². The van der Waals surface area contributed by atoms with Crippen LogP contribution < -0.4 is 4.90 Å². The van der Waals surface area contributed by atoms with Crippen molar-refractivity contribution in [2.45, 2.75) is 0 Å². The molecule has 1 saturated heterocycles. The lowest BCUT2D eigenvalue weighted by Gasteiger charge is -2.39. The molecule has 5 heteroatoms. The first-order valence-electron chi connectivity index (χ1n) is 8.29. The third-order valence-corrected chi connectivity index (χ3v) is 5.02. The summed E-state index contributed by atoms with van der Waals surface area (Å²) in [5.41, 5.74) is 0.821. The number of likely N-dealkylation sites (N-methyl/N-ethyl adjacent to an activating group) is 1. The van der Waals surface area contributed by atoms with Crippen LogP contribution in [0, 0.1) is 0 Å². The van der Waals surface area contributed by atoms with E-state index in [0.717, 1.165) is 48.5 Å². The van der Waals surface area contributed by atoms with Gasteiger partial charge in [-0.2, -0.15) is 0 Å². The maximum atomic E-state index is 13.3. The predicted molar refractivity (Wildman–Crippen MR) is 95.0 cm³/mol. The number of hydrogen-bond acceptors (Lipinski definition) is 3. The average molecular weight is 321 g/mol. The Morgan fingerprint density at radius 1 is 1.12 bits per heavy atom. The van der Waals surface area contributed by atoms with E-state index in [2.05, 4.69) is 27.0 Å². The minimum Gasteiger partial charge on any atom is -0.331 e. The largest absolute Gasteiger partial charge is 0.346 e. The van der Waals surface area contributed by atoms with Crippen LogP contribution in [0.1, 0.15) is 10.4 Å². The highest BCUT2D eigenvalue weighted by Crippen LogP contribution is 2.24. The molecule has 1 N–H and O–H groups in total. The zero-order valence-corrected chi connectivity index (χ0v) is 13.8. The number of carbonyl (C=O) groups excluding carboxylic acids is 1. The van der Waals surface area contributed by atoms with Gasteiger partial charge in [-0.25, -0.2) is 9.78 Å². The molecule has 0 aliphatic carbocycles. The molecule has 4 rings (SSSR count). The number of fused-ring (bicyclic) bond motifs is 1. The minimum atomic E-state index is 0.200. The summed E-state index contributed by atoms with van der Waals surface area (Å²) in [5, 5.41) is 2.15. The number of anilines is 1. The van der Waals surface area contributed by atoms with Crippen molar-refractivity contribution >= 4 is 22.6 Å². The monoisotopic (exact) mass is 321 g/mol. The SMILES string of the molecule is C[N+]1(C(=O)c2cccc3ccccc23)CCN(c2ncc[nH]2)CC1. The quantitative estimate of drug-likeness (QED) is 0.738. The Morgan fingerprint density at radius 3 is 2.62 bits per heavy atom. The maximum Gasteiger partial charge on any atom is 0.346 e. The van der Waals surface area contributed by atoms with Crippen molar-refractivity contribution in [2.24, 2.45) is 0 Å². The van der Waals surface area contributed by atoms with Gasteiger partial charge in [0.05, 0.1) is 25.7 Å². The number of imidazole rings is 1. The van der Waals surface area contributed by atoms with Crippen LogP contribution in [0.5, 0.6) is 0 Å². The lowest BCUT2D eigenvalue weighted by atomic mass is 10.0. The standard InChI is InChI=1S/C19H21N4O/c1-23(13-11-22(12-14-23)19-20-9-10-21-19)18(24)17-8-4-6-15-5-2-3-7-16(15)17/h2-10H,11-14H2,1H3,(H,20,21)/q+1. The molecule has 1 aliphatic rings. The molecule has 5 nitrogen and oxygen atoms in total. The minimum absolute atomic E-state index is 0.200. The molecule has 1 fully saturated rings. The third kappa shape index (κ3) is 2.47.